The molecular formula is C16H30N6O6. The molecule has 0 aromatic heterocycles. The van der Waals surface area contributed by atoms with Crippen molar-refractivity contribution in [3.63, 3.8) is 0 Å². The first-order valence-electron chi connectivity index (χ1n) is 8.82. The van der Waals surface area contributed by atoms with Crippen molar-refractivity contribution in [3.05, 3.63) is 0 Å². The number of rotatable bonds is 13. The first-order valence-corrected chi connectivity index (χ1v) is 8.82. The third-order valence-corrected chi connectivity index (χ3v) is 3.81. The topological polar surface area (TPSA) is 223 Å². The van der Waals surface area contributed by atoms with Crippen LogP contribution in [-0.2, 0) is 19.2 Å². The standard InChI is InChI=1S/C16H30N6O6/c1-8(2)12(15(27)28)22-14(26)10(5-6-11(23)24)21-13(25)9(17)4-3-7-20-16(18)19/h8-10,12H,3-7,17H2,1-2H3,(H,21,25)(H,22,26)(H,23,24)(H,27,28)(H4,18,19,20). The molecule has 0 radical (unpaired) electrons. The second-order valence-electron chi connectivity index (χ2n) is 6.62. The SMILES string of the molecule is CC(C)C(NC(=O)C(CCC(=O)O)NC(=O)C(N)CCCN=C(N)N)C(=O)O. The number of carboxylic acid groups (broad SMARTS) is 2. The molecule has 0 rings (SSSR count). The number of aliphatic imine (C=N–C) groups is 1. The maximum atomic E-state index is 12.4. The van der Waals surface area contributed by atoms with Gasteiger partial charge in [-0.2, -0.15) is 0 Å². The molecule has 0 aliphatic rings. The zero-order valence-corrected chi connectivity index (χ0v) is 16.1. The highest BCUT2D eigenvalue weighted by molar-refractivity contribution is 5.92. The van der Waals surface area contributed by atoms with Crippen molar-refractivity contribution in [1.82, 2.24) is 10.6 Å². The third-order valence-electron chi connectivity index (χ3n) is 3.81. The highest BCUT2D eigenvalue weighted by Crippen LogP contribution is 2.06. The predicted octanol–water partition coefficient (Wildman–Crippen LogP) is -2.06. The summed E-state index contributed by atoms with van der Waals surface area (Å²) in [5.74, 6) is -4.33. The molecule has 0 aliphatic heterocycles. The molecule has 0 aliphatic carbocycles. The van der Waals surface area contributed by atoms with Gasteiger partial charge in [-0.1, -0.05) is 13.8 Å². The highest BCUT2D eigenvalue weighted by Gasteiger charge is 2.29. The van der Waals surface area contributed by atoms with E-state index in [2.05, 4.69) is 15.6 Å². The van der Waals surface area contributed by atoms with Gasteiger partial charge < -0.3 is 38.0 Å². The van der Waals surface area contributed by atoms with Crippen LogP contribution in [0.1, 0.15) is 39.5 Å². The van der Waals surface area contributed by atoms with E-state index in [1.807, 2.05) is 0 Å². The van der Waals surface area contributed by atoms with Gasteiger partial charge in [0.15, 0.2) is 5.96 Å². The molecule has 160 valence electrons. The van der Waals surface area contributed by atoms with E-state index in [0.717, 1.165) is 0 Å². The summed E-state index contributed by atoms with van der Waals surface area (Å²) in [6.07, 6.45) is 0.0577. The summed E-state index contributed by atoms with van der Waals surface area (Å²) in [5, 5.41) is 22.7. The van der Waals surface area contributed by atoms with Crippen molar-refractivity contribution in [2.45, 2.75) is 57.7 Å². The minimum Gasteiger partial charge on any atom is -0.481 e. The summed E-state index contributed by atoms with van der Waals surface area (Å²) in [7, 11) is 0. The number of amides is 2. The summed E-state index contributed by atoms with van der Waals surface area (Å²) < 4.78 is 0. The first kappa shape index (κ1) is 25.1. The predicted molar refractivity (Wildman–Crippen MR) is 101 cm³/mol. The van der Waals surface area contributed by atoms with Crippen LogP contribution >= 0.6 is 0 Å². The summed E-state index contributed by atoms with van der Waals surface area (Å²) >= 11 is 0. The maximum absolute atomic E-state index is 12.4. The normalized spacial score (nSPS) is 13.9. The molecule has 28 heavy (non-hydrogen) atoms. The molecule has 0 heterocycles. The Morgan fingerprint density at radius 3 is 2.07 bits per heavy atom. The van der Waals surface area contributed by atoms with E-state index >= 15 is 0 Å². The van der Waals surface area contributed by atoms with Crippen LogP contribution in [-0.4, -0.2) is 64.6 Å². The van der Waals surface area contributed by atoms with E-state index in [1.165, 1.54) is 0 Å². The minimum absolute atomic E-state index is 0.0819. The molecule has 0 bridgehead atoms. The molecule has 3 unspecified atom stereocenters. The number of hydrogen-bond acceptors (Lipinski definition) is 6. The molecule has 0 aromatic carbocycles. The Balaban J connectivity index is 4.96. The van der Waals surface area contributed by atoms with E-state index < -0.39 is 54.2 Å². The monoisotopic (exact) mass is 402 g/mol. The van der Waals surface area contributed by atoms with Crippen LogP contribution in [0, 0.1) is 5.92 Å². The van der Waals surface area contributed by atoms with Crippen LogP contribution in [0.25, 0.3) is 0 Å². The average Bonchev–Trinajstić information content (AvgIpc) is 2.58. The van der Waals surface area contributed by atoms with E-state index in [-0.39, 0.29) is 25.3 Å². The van der Waals surface area contributed by atoms with Crippen LogP contribution in [0.5, 0.6) is 0 Å². The quantitative estimate of drug-likeness (QED) is 0.102. The summed E-state index contributed by atoms with van der Waals surface area (Å²) in [6, 6.07) is -3.37. The number of guanidine groups is 1. The zero-order valence-electron chi connectivity index (χ0n) is 16.1. The Labute approximate surface area is 162 Å². The minimum atomic E-state index is -1.23. The van der Waals surface area contributed by atoms with Gasteiger partial charge in [-0.15, -0.1) is 0 Å². The molecule has 2 amide bonds. The van der Waals surface area contributed by atoms with Gasteiger partial charge >= 0.3 is 11.9 Å². The van der Waals surface area contributed by atoms with Crippen LogP contribution in [0.2, 0.25) is 0 Å². The van der Waals surface area contributed by atoms with Gasteiger partial charge in [-0.25, -0.2) is 4.79 Å². The van der Waals surface area contributed by atoms with E-state index in [9.17, 15) is 24.3 Å². The number of nitrogens with one attached hydrogen (secondary N) is 2. The first-order chi connectivity index (χ1) is 13.0. The molecule has 12 heteroatoms. The van der Waals surface area contributed by atoms with Gasteiger partial charge in [0, 0.05) is 13.0 Å². The fourth-order valence-electron chi connectivity index (χ4n) is 2.23. The molecule has 0 spiro atoms. The van der Waals surface area contributed by atoms with E-state index in [4.69, 9.17) is 22.3 Å². The van der Waals surface area contributed by atoms with Crippen molar-refractivity contribution in [3.8, 4) is 0 Å². The largest absolute Gasteiger partial charge is 0.481 e. The lowest BCUT2D eigenvalue weighted by molar-refractivity contribution is -0.144. The Morgan fingerprint density at radius 2 is 1.61 bits per heavy atom. The number of nitrogens with zero attached hydrogens (tertiary/aromatic N) is 1. The Bertz CT molecular complexity index is 590. The van der Waals surface area contributed by atoms with Gasteiger partial charge in [0.25, 0.3) is 0 Å². The van der Waals surface area contributed by atoms with Crippen molar-refractivity contribution < 1.29 is 29.4 Å². The third kappa shape index (κ3) is 10.3. The summed E-state index contributed by atoms with van der Waals surface area (Å²) in [4.78, 5) is 50.4. The van der Waals surface area contributed by atoms with Crippen LogP contribution in [0.4, 0.5) is 0 Å². The number of carbonyl (C=O) groups is 4. The maximum Gasteiger partial charge on any atom is 0.326 e. The Kier molecular flexibility index (Phi) is 11.2. The molecule has 0 fully saturated rings. The lowest BCUT2D eigenvalue weighted by atomic mass is 10.0. The van der Waals surface area contributed by atoms with Gasteiger partial charge in [-0.3, -0.25) is 19.4 Å². The fraction of sp³-hybridized carbons (Fsp3) is 0.688. The zero-order chi connectivity index (χ0) is 21.9. The van der Waals surface area contributed by atoms with Gasteiger partial charge in [0.1, 0.15) is 12.1 Å². The number of carboxylic acids is 2. The van der Waals surface area contributed by atoms with Crippen molar-refractivity contribution >= 4 is 29.7 Å². The molecule has 0 aromatic rings. The van der Waals surface area contributed by atoms with E-state index in [0.29, 0.717) is 6.42 Å². The molecule has 3 atom stereocenters. The second-order valence-corrected chi connectivity index (χ2v) is 6.62. The lowest BCUT2D eigenvalue weighted by Gasteiger charge is -2.24. The second kappa shape index (κ2) is 12.5. The van der Waals surface area contributed by atoms with Crippen molar-refractivity contribution in [2.75, 3.05) is 6.54 Å². The smallest absolute Gasteiger partial charge is 0.326 e. The number of aliphatic carboxylic acids is 2. The van der Waals surface area contributed by atoms with E-state index in [1.54, 1.807) is 13.8 Å². The summed E-state index contributed by atoms with van der Waals surface area (Å²) in [5.41, 5.74) is 16.2. The molecular weight excluding hydrogens is 372 g/mol. The number of nitrogens with two attached hydrogens (primary N) is 3. The fourth-order valence-corrected chi connectivity index (χ4v) is 2.23. The molecule has 0 saturated heterocycles. The van der Waals surface area contributed by atoms with Gasteiger partial charge in [0.05, 0.1) is 6.04 Å². The van der Waals surface area contributed by atoms with Gasteiger partial charge in [0.2, 0.25) is 11.8 Å². The van der Waals surface area contributed by atoms with Crippen molar-refractivity contribution in [1.29, 1.82) is 0 Å². The summed E-state index contributed by atoms with van der Waals surface area (Å²) in [6.45, 7) is 3.49. The Hall–Kier alpha value is -2.89. The molecule has 10 N–H and O–H groups in total. The van der Waals surface area contributed by atoms with Gasteiger partial charge in [-0.05, 0) is 25.2 Å². The number of hydrogen-bond donors (Lipinski definition) is 7. The molecule has 0 saturated carbocycles. The lowest BCUT2D eigenvalue weighted by Crippen LogP contribution is -2.55. The van der Waals surface area contributed by atoms with Crippen LogP contribution < -0.4 is 27.8 Å². The highest BCUT2D eigenvalue weighted by atomic mass is 16.4. The van der Waals surface area contributed by atoms with Crippen LogP contribution in [0.3, 0.4) is 0 Å². The van der Waals surface area contributed by atoms with Crippen LogP contribution in [0.15, 0.2) is 4.99 Å². The number of carbonyl (C=O) groups excluding carboxylic acids is 2. The average molecular weight is 402 g/mol. The molecule has 12 nitrogen and oxygen atoms in total. The Morgan fingerprint density at radius 1 is 1.00 bits per heavy atom. The van der Waals surface area contributed by atoms with Crippen molar-refractivity contribution in [2.24, 2.45) is 28.1 Å².